The Labute approximate surface area is 349 Å². The summed E-state index contributed by atoms with van der Waals surface area (Å²) in [6, 6.07) is 24.8. The van der Waals surface area contributed by atoms with E-state index in [0.717, 1.165) is 31.4 Å². The molecule has 0 bridgehead atoms. The van der Waals surface area contributed by atoms with Crippen LogP contribution in [0.3, 0.4) is 0 Å². The number of rotatable bonds is 3. The number of hydrogen-bond donors (Lipinski definition) is 3. The van der Waals surface area contributed by atoms with Gasteiger partial charge in [-0.05, 0) is 109 Å². The zero-order valence-electron chi connectivity index (χ0n) is 30.7. The number of halogens is 1. The van der Waals surface area contributed by atoms with Crippen LogP contribution in [0.25, 0.3) is 0 Å². The summed E-state index contributed by atoms with van der Waals surface area (Å²) in [6.45, 7) is 12.1. The van der Waals surface area contributed by atoms with Gasteiger partial charge in [-0.25, -0.2) is 26.5 Å². The number of carbonyl (C=O) groups is 3. The quantitative estimate of drug-likeness (QED) is 0.0705. The van der Waals surface area contributed by atoms with E-state index in [1.54, 1.807) is 67.3 Å². The van der Waals surface area contributed by atoms with E-state index < -0.39 is 26.0 Å². The standard InChI is InChI=1S/C15H11NO2.C10H8O2.C8H7IO2.C5H4N.C5H10Si.W.2H2/c1-11-4-6-14(15(17)18)9-13(11)7-5-12-3-2-8-16-10-12;1-3-8-6-9(10(11)12)5-4-7(8)2;1-5-2-3-6(8(10)11)4-7(5)9;1-2-4-6-5-3-1;1-5-6(2,3)4;;;/h2-4,6,8-10H,1H3,(H,17,18);1,4-6H,2H3,(H,11,12);2-4H,1H3,(H,10,11);1-2,4-5H;1H,2-4H3;;2*1H/q;;;-1;;;;/i;;;;;;2*1+2. The molecule has 8 nitrogen and oxygen atoms in total. The maximum absolute atomic E-state index is 10.9. The normalized spacial score (nSPS) is 9.13. The molecule has 0 radical (unpaired) electrons. The van der Waals surface area contributed by atoms with Crippen molar-refractivity contribution < 1.29 is 53.6 Å². The molecule has 280 valence electrons. The van der Waals surface area contributed by atoms with Crippen molar-refractivity contribution in [1.82, 2.24) is 9.97 Å². The average molecular weight is 1030 g/mol. The molecule has 2 aromatic heterocycles. The molecular formula is C43H44IN2O6SiW-. The molecule has 0 atom stereocenters. The Morgan fingerprint density at radius 2 is 1.20 bits per heavy atom. The van der Waals surface area contributed by atoms with Crippen molar-refractivity contribution in [3.05, 3.63) is 163 Å². The summed E-state index contributed by atoms with van der Waals surface area (Å²) in [7, 11) is -1.10. The minimum absolute atomic E-state index is 0. The van der Waals surface area contributed by atoms with Crippen LogP contribution < -0.4 is 0 Å². The van der Waals surface area contributed by atoms with Gasteiger partial charge in [-0.15, -0.1) is 18.4 Å². The smallest absolute Gasteiger partial charge is 0.335 e. The van der Waals surface area contributed by atoms with Gasteiger partial charge >= 0.3 is 17.9 Å². The number of aryl methyl sites for hydroxylation is 3. The van der Waals surface area contributed by atoms with Crippen LogP contribution in [0.5, 0.6) is 0 Å². The summed E-state index contributed by atoms with van der Waals surface area (Å²) in [5, 5.41) is 26.2. The van der Waals surface area contributed by atoms with E-state index >= 15 is 0 Å². The second kappa shape index (κ2) is 25.6. The van der Waals surface area contributed by atoms with Crippen molar-refractivity contribution in [2.24, 2.45) is 0 Å². The molecule has 0 unspecified atom stereocenters. The minimum Gasteiger partial charge on any atom is -0.478 e. The van der Waals surface area contributed by atoms with E-state index in [1.807, 2.05) is 51.1 Å². The van der Waals surface area contributed by atoms with Crippen LogP contribution in [0.15, 0.2) is 104 Å². The van der Waals surface area contributed by atoms with Crippen LogP contribution in [0.1, 0.15) is 67.3 Å². The topological polar surface area (TPSA) is 138 Å². The first-order chi connectivity index (χ1) is 25.0. The van der Waals surface area contributed by atoms with Crippen molar-refractivity contribution in [2.45, 2.75) is 40.4 Å². The molecule has 0 saturated carbocycles. The molecule has 2 heterocycles. The van der Waals surface area contributed by atoms with Crippen LogP contribution in [-0.4, -0.2) is 51.3 Å². The van der Waals surface area contributed by atoms with Crippen molar-refractivity contribution >= 4 is 48.6 Å². The molecule has 0 spiro atoms. The third-order valence-electron chi connectivity index (χ3n) is 6.49. The van der Waals surface area contributed by atoms with Gasteiger partial charge in [-0.3, -0.25) is 4.98 Å². The van der Waals surface area contributed by atoms with Gasteiger partial charge in [0.15, 0.2) is 0 Å². The van der Waals surface area contributed by atoms with Crippen LogP contribution in [0.2, 0.25) is 19.6 Å². The van der Waals surface area contributed by atoms with Gasteiger partial charge in [0.25, 0.3) is 0 Å². The molecule has 0 aliphatic carbocycles. The predicted octanol–water partition coefficient (Wildman–Crippen LogP) is 9.33. The van der Waals surface area contributed by atoms with E-state index in [0.29, 0.717) is 11.1 Å². The summed E-state index contributed by atoms with van der Waals surface area (Å²) in [4.78, 5) is 39.6. The number of carboxylic acids is 3. The minimum atomic E-state index is -1.10. The van der Waals surface area contributed by atoms with Gasteiger partial charge in [0, 0.05) is 56.6 Å². The van der Waals surface area contributed by atoms with Gasteiger partial charge in [0.1, 0.15) is 8.07 Å². The molecular weight excluding hydrogens is 979 g/mol. The van der Waals surface area contributed by atoms with Crippen molar-refractivity contribution in [1.29, 1.82) is 0 Å². The molecule has 3 aromatic carbocycles. The zero-order chi connectivity index (χ0) is 40.0. The second-order valence-corrected chi connectivity index (χ2v) is 17.9. The molecule has 5 aromatic rings. The van der Waals surface area contributed by atoms with Crippen molar-refractivity contribution in [2.75, 3.05) is 0 Å². The Balaban J connectivity index is -0.000000656. The summed E-state index contributed by atoms with van der Waals surface area (Å²) in [6.07, 6.45) is 17.0. The van der Waals surface area contributed by atoms with Crippen molar-refractivity contribution in [3.63, 3.8) is 0 Å². The Morgan fingerprint density at radius 3 is 1.57 bits per heavy atom. The van der Waals surface area contributed by atoms with Crippen LogP contribution in [-0.2, 0) is 21.1 Å². The Bertz CT molecular complexity index is 2120. The number of pyridine rings is 2. The van der Waals surface area contributed by atoms with Gasteiger partial charge in [0.2, 0.25) is 0 Å². The fourth-order valence-corrected chi connectivity index (χ4v) is 3.89. The zero-order valence-corrected chi connectivity index (χ0v) is 36.8. The van der Waals surface area contributed by atoms with E-state index in [-0.39, 0.29) is 35.0 Å². The third-order valence-corrected chi connectivity index (χ3v) is 8.52. The first kappa shape index (κ1) is 48.7. The van der Waals surface area contributed by atoms with Crippen LogP contribution in [0, 0.1) is 66.6 Å². The molecule has 0 aliphatic heterocycles. The summed E-state index contributed by atoms with van der Waals surface area (Å²) < 4.78 is 0.988. The summed E-state index contributed by atoms with van der Waals surface area (Å²) in [5.74, 6) is 5.59. The Kier molecular flexibility index (Phi) is 23.1. The third kappa shape index (κ3) is 20.1. The van der Waals surface area contributed by atoms with E-state index in [1.165, 1.54) is 6.07 Å². The number of aromatic carboxylic acids is 3. The Morgan fingerprint density at radius 1 is 0.722 bits per heavy atom. The summed E-state index contributed by atoms with van der Waals surface area (Å²) in [5.41, 5.74) is 8.71. The Hall–Kier alpha value is -5.31. The molecule has 54 heavy (non-hydrogen) atoms. The summed E-state index contributed by atoms with van der Waals surface area (Å²) >= 11 is 2.12. The molecule has 0 fully saturated rings. The molecule has 0 saturated heterocycles. The maximum Gasteiger partial charge on any atom is 0.335 e. The molecule has 0 amide bonds. The SMILES string of the molecule is C#C[Si](C)(C)C.C#Cc1cc(C(=O)O)ccc1C.Cc1ccc(C(=O)O)cc1C#Cc1cccnc1.Cc1ccc(C(=O)O)cc1I.[3HH].[3HH].[W].[c-]1cccnc1. The van der Waals surface area contributed by atoms with Crippen LogP contribution >= 0.6 is 22.6 Å². The molecule has 11 heteroatoms. The average Bonchev–Trinajstić information content (AvgIpc) is 3.14. The number of nitrogens with zero attached hydrogens (tertiary/aromatic N) is 2. The van der Waals surface area contributed by atoms with E-state index in [4.69, 9.17) is 28.2 Å². The van der Waals surface area contributed by atoms with Crippen molar-refractivity contribution in [3.8, 4) is 36.2 Å². The fraction of sp³-hybridized carbons (Fsp3) is 0.140. The predicted molar refractivity (Wildman–Crippen MR) is 225 cm³/mol. The largest absolute Gasteiger partial charge is 0.478 e. The van der Waals surface area contributed by atoms with Gasteiger partial charge < -0.3 is 20.3 Å². The molecule has 5 rings (SSSR count). The van der Waals surface area contributed by atoms with Crippen LogP contribution in [0.4, 0.5) is 0 Å². The monoisotopic (exact) mass is 1030 g/mol. The number of aromatic nitrogens is 2. The van der Waals surface area contributed by atoms with E-state index in [2.05, 4.69) is 81.6 Å². The van der Waals surface area contributed by atoms with Gasteiger partial charge in [-0.1, -0.05) is 68.0 Å². The fourth-order valence-electron chi connectivity index (χ4n) is 3.38. The second-order valence-electron chi connectivity index (χ2n) is 11.9. The first-order valence-corrected chi connectivity index (χ1v) is 20.4. The maximum atomic E-state index is 10.9. The number of carboxylic acid groups (broad SMARTS) is 3. The molecule has 3 N–H and O–H groups in total. The number of terminal acetylenes is 2. The van der Waals surface area contributed by atoms with E-state index in [9.17, 15) is 14.4 Å². The van der Waals surface area contributed by atoms with Gasteiger partial charge in [0.05, 0.1) is 16.7 Å². The number of benzene rings is 3. The first-order valence-electron chi connectivity index (χ1n) is 15.8. The number of hydrogen-bond acceptors (Lipinski definition) is 5. The molecule has 0 aliphatic rings. The van der Waals surface area contributed by atoms with Gasteiger partial charge in [-0.2, -0.15) is 6.07 Å².